The minimum absolute atomic E-state index is 0.0678. The van der Waals surface area contributed by atoms with Crippen LogP contribution in [0, 0.1) is 10.8 Å². The van der Waals surface area contributed by atoms with E-state index in [0.29, 0.717) is 50.7 Å². The first-order chi connectivity index (χ1) is 16.2. The van der Waals surface area contributed by atoms with Crippen molar-refractivity contribution in [2.45, 2.75) is 39.2 Å². The lowest BCUT2D eigenvalue weighted by Crippen LogP contribution is -2.59. The first kappa shape index (κ1) is 21.2. The van der Waals surface area contributed by atoms with Crippen LogP contribution in [0.2, 0.25) is 0 Å². The highest BCUT2D eigenvalue weighted by atomic mass is 16.7. The minimum atomic E-state index is -1.06. The average Bonchev–Trinajstić information content (AvgIpc) is 3.44. The Morgan fingerprint density at radius 3 is 2.47 bits per heavy atom. The van der Waals surface area contributed by atoms with Crippen LogP contribution in [0.3, 0.4) is 0 Å². The van der Waals surface area contributed by atoms with E-state index in [-0.39, 0.29) is 18.7 Å². The molecule has 2 atom stereocenters. The number of esters is 1. The largest absolute Gasteiger partial charge is 0.454 e. The standard InChI is InChI=1S/C25H28N4O5/c1-23(2)24(3)7-8-25(23,34-21(24)31)20(30)28-10-12-29(13-11-28)22-26-9-6-17(27-22)16-4-5-18-19(14-16)33-15-32-18/h4-6,9,14H,7-8,10-13,15H2,1-3H3/t24-,25?/m0/s1. The van der Waals surface area contributed by atoms with Crippen molar-refractivity contribution in [2.24, 2.45) is 10.8 Å². The monoisotopic (exact) mass is 464 g/mol. The Balaban J connectivity index is 1.17. The van der Waals surface area contributed by atoms with Gasteiger partial charge in [0.05, 0.1) is 11.1 Å². The Labute approximate surface area is 198 Å². The van der Waals surface area contributed by atoms with Gasteiger partial charge in [-0.1, -0.05) is 13.8 Å². The van der Waals surface area contributed by atoms with E-state index >= 15 is 0 Å². The molecule has 4 aliphatic rings. The molecule has 9 heteroatoms. The number of anilines is 1. The predicted molar refractivity (Wildman–Crippen MR) is 122 cm³/mol. The molecule has 3 fully saturated rings. The summed E-state index contributed by atoms with van der Waals surface area (Å²) >= 11 is 0. The predicted octanol–water partition coefficient (Wildman–Crippen LogP) is 2.64. The van der Waals surface area contributed by atoms with Crippen LogP contribution in [0.4, 0.5) is 5.95 Å². The molecular formula is C25H28N4O5. The molecule has 0 radical (unpaired) electrons. The maximum Gasteiger partial charge on any atom is 0.313 e. The third-order valence-electron chi connectivity index (χ3n) is 8.59. The molecule has 6 rings (SSSR count). The lowest BCUT2D eigenvalue weighted by molar-refractivity contribution is -0.174. The third-order valence-corrected chi connectivity index (χ3v) is 8.59. The molecule has 4 heterocycles. The number of aromatic nitrogens is 2. The summed E-state index contributed by atoms with van der Waals surface area (Å²) in [6.45, 7) is 8.43. The van der Waals surface area contributed by atoms with Crippen molar-refractivity contribution >= 4 is 17.8 Å². The van der Waals surface area contributed by atoms with Crippen molar-refractivity contribution in [3.05, 3.63) is 30.5 Å². The summed E-state index contributed by atoms with van der Waals surface area (Å²) in [5, 5.41) is 0. The summed E-state index contributed by atoms with van der Waals surface area (Å²) in [5.41, 5.74) is -0.474. The van der Waals surface area contributed by atoms with E-state index < -0.39 is 16.4 Å². The number of amides is 1. The lowest BCUT2D eigenvalue weighted by atomic mass is 9.66. The summed E-state index contributed by atoms with van der Waals surface area (Å²) in [6, 6.07) is 7.63. The van der Waals surface area contributed by atoms with E-state index in [0.717, 1.165) is 17.0 Å². The van der Waals surface area contributed by atoms with Gasteiger partial charge in [0.25, 0.3) is 5.91 Å². The Kier molecular flexibility index (Phi) is 4.41. The van der Waals surface area contributed by atoms with Crippen LogP contribution in [-0.4, -0.2) is 65.3 Å². The maximum absolute atomic E-state index is 13.6. The van der Waals surface area contributed by atoms with Crippen LogP contribution >= 0.6 is 0 Å². The van der Waals surface area contributed by atoms with Crippen molar-refractivity contribution in [3.8, 4) is 22.8 Å². The number of benzene rings is 1. The average molecular weight is 465 g/mol. The number of ether oxygens (including phenoxy) is 3. The number of hydrogen-bond acceptors (Lipinski definition) is 8. The van der Waals surface area contributed by atoms with Gasteiger partial charge in [0.1, 0.15) is 0 Å². The van der Waals surface area contributed by atoms with Crippen molar-refractivity contribution in [1.82, 2.24) is 14.9 Å². The smallest absolute Gasteiger partial charge is 0.313 e. The Morgan fingerprint density at radius 1 is 1.00 bits per heavy atom. The first-order valence-electron chi connectivity index (χ1n) is 11.8. The molecule has 1 unspecified atom stereocenters. The van der Waals surface area contributed by atoms with Gasteiger partial charge in [0.15, 0.2) is 17.1 Å². The molecule has 2 saturated heterocycles. The van der Waals surface area contributed by atoms with Crippen molar-refractivity contribution in [2.75, 3.05) is 37.9 Å². The fourth-order valence-corrected chi connectivity index (χ4v) is 5.80. The zero-order valence-corrected chi connectivity index (χ0v) is 19.7. The normalized spacial score (nSPS) is 28.9. The second-order valence-corrected chi connectivity index (χ2v) is 10.3. The highest BCUT2D eigenvalue weighted by Gasteiger charge is 2.76. The van der Waals surface area contributed by atoms with Gasteiger partial charge in [0, 0.05) is 43.4 Å². The van der Waals surface area contributed by atoms with Gasteiger partial charge in [-0.05, 0) is 44.0 Å². The van der Waals surface area contributed by atoms with Crippen LogP contribution in [0.25, 0.3) is 11.3 Å². The van der Waals surface area contributed by atoms with E-state index in [4.69, 9.17) is 19.2 Å². The zero-order valence-electron chi connectivity index (χ0n) is 19.7. The number of fused-ring (bicyclic) bond motifs is 3. The quantitative estimate of drug-likeness (QED) is 0.640. The van der Waals surface area contributed by atoms with E-state index in [1.54, 1.807) is 6.20 Å². The summed E-state index contributed by atoms with van der Waals surface area (Å²) in [6.07, 6.45) is 3.02. The van der Waals surface area contributed by atoms with Crippen LogP contribution in [0.5, 0.6) is 11.5 Å². The van der Waals surface area contributed by atoms with Crippen LogP contribution in [0.15, 0.2) is 30.5 Å². The molecule has 9 nitrogen and oxygen atoms in total. The fraction of sp³-hybridized carbons (Fsp3) is 0.520. The molecule has 2 bridgehead atoms. The fourth-order valence-electron chi connectivity index (χ4n) is 5.80. The molecule has 0 N–H and O–H groups in total. The molecule has 34 heavy (non-hydrogen) atoms. The second kappa shape index (κ2) is 7.07. The summed E-state index contributed by atoms with van der Waals surface area (Å²) < 4.78 is 16.7. The number of rotatable bonds is 3. The van der Waals surface area contributed by atoms with Gasteiger partial charge < -0.3 is 24.0 Å². The van der Waals surface area contributed by atoms with Gasteiger partial charge in [-0.2, -0.15) is 0 Å². The lowest BCUT2D eigenvalue weighted by Gasteiger charge is -2.42. The number of carbonyl (C=O) groups excluding carboxylic acids is 2. The van der Waals surface area contributed by atoms with Gasteiger partial charge in [-0.15, -0.1) is 0 Å². The number of nitrogens with zero attached hydrogens (tertiary/aromatic N) is 4. The molecular weight excluding hydrogens is 436 g/mol. The van der Waals surface area contributed by atoms with Crippen LogP contribution in [0.1, 0.15) is 33.6 Å². The van der Waals surface area contributed by atoms with Gasteiger partial charge >= 0.3 is 5.97 Å². The van der Waals surface area contributed by atoms with Crippen LogP contribution < -0.4 is 14.4 Å². The van der Waals surface area contributed by atoms with Crippen molar-refractivity contribution < 1.29 is 23.8 Å². The van der Waals surface area contributed by atoms with Crippen LogP contribution in [-0.2, 0) is 14.3 Å². The second-order valence-electron chi connectivity index (χ2n) is 10.3. The third kappa shape index (κ3) is 2.72. The van der Waals surface area contributed by atoms with E-state index in [1.165, 1.54) is 0 Å². The zero-order chi connectivity index (χ0) is 23.7. The molecule has 1 aliphatic carbocycles. The molecule has 0 spiro atoms. The summed E-state index contributed by atoms with van der Waals surface area (Å²) in [7, 11) is 0. The minimum Gasteiger partial charge on any atom is -0.454 e. The Bertz CT molecular complexity index is 1190. The first-order valence-corrected chi connectivity index (χ1v) is 11.8. The van der Waals surface area contributed by atoms with E-state index in [9.17, 15) is 9.59 Å². The molecule has 1 saturated carbocycles. The van der Waals surface area contributed by atoms with Gasteiger partial charge in [-0.3, -0.25) is 9.59 Å². The summed E-state index contributed by atoms with van der Waals surface area (Å²) in [5.74, 6) is 1.76. The maximum atomic E-state index is 13.6. The SMILES string of the molecule is CC1(C)C2(C(=O)N3CCN(c4nccc(-c5ccc6c(c5)OCO6)n4)CC3)CC[C@@]1(C)C(=O)O2. The topological polar surface area (TPSA) is 94.1 Å². The highest BCUT2D eigenvalue weighted by molar-refractivity contribution is 5.96. The van der Waals surface area contributed by atoms with Crippen molar-refractivity contribution in [1.29, 1.82) is 0 Å². The molecule has 3 aliphatic heterocycles. The number of carbonyl (C=O) groups is 2. The molecule has 2 aromatic rings. The molecule has 1 amide bonds. The Hall–Kier alpha value is -3.36. The van der Waals surface area contributed by atoms with Gasteiger partial charge in [-0.25, -0.2) is 9.97 Å². The van der Waals surface area contributed by atoms with E-state index in [1.807, 2.05) is 49.9 Å². The highest BCUT2D eigenvalue weighted by Crippen LogP contribution is 2.66. The van der Waals surface area contributed by atoms with E-state index in [2.05, 4.69) is 9.88 Å². The number of piperazine rings is 1. The summed E-state index contributed by atoms with van der Waals surface area (Å²) in [4.78, 5) is 39.4. The van der Waals surface area contributed by atoms with Gasteiger partial charge in [0.2, 0.25) is 12.7 Å². The Morgan fingerprint density at radius 2 is 1.76 bits per heavy atom. The van der Waals surface area contributed by atoms with Crippen molar-refractivity contribution in [3.63, 3.8) is 0 Å². The molecule has 1 aromatic heterocycles. The molecule has 1 aromatic carbocycles. The number of hydrogen-bond donors (Lipinski definition) is 0. The molecule has 178 valence electrons.